The molecule has 0 bridgehead atoms. The number of rotatable bonds is 8. The van der Waals surface area contributed by atoms with E-state index in [-0.39, 0.29) is 30.3 Å². The lowest BCUT2D eigenvalue weighted by Gasteiger charge is -2.32. The number of nitrogens with zero attached hydrogens (tertiary/aromatic N) is 7. The average molecular weight is 678 g/mol. The zero-order valence-electron chi connectivity index (χ0n) is 26.8. The van der Waals surface area contributed by atoms with Crippen molar-refractivity contribution in [3.8, 4) is 22.5 Å². The number of likely N-dealkylation sites (tertiary alicyclic amines) is 1. The summed E-state index contributed by atoms with van der Waals surface area (Å²) >= 11 is 0. The second-order valence-corrected chi connectivity index (χ2v) is 12.3. The number of hydrogen-bond donors (Lipinski definition) is 2. The van der Waals surface area contributed by atoms with Crippen LogP contribution in [0.1, 0.15) is 52.9 Å². The van der Waals surface area contributed by atoms with Crippen molar-refractivity contribution in [2.24, 2.45) is 7.05 Å². The molecule has 49 heavy (non-hydrogen) atoms. The average Bonchev–Trinajstić information content (AvgIpc) is 3.67. The summed E-state index contributed by atoms with van der Waals surface area (Å²) in [7, 11) is 1.84. The Morgan fingerprint density at radius 3 is 2.61 bits per heavy atom. The third kappa shape index (κ3) is 7.19. The van der Waals surface area contributed by atoms with Gasteiger partial charge in [-0.1, -0.05) is 0 Å². The van der Waals surface area contributed by atoms with Crippen LogP contribution >= 0.6 is 0 Å². The maximum atomic E-state index is 13.9. The molecule has 256 valence electrons. The van der Waals surface area contributed by atoms with E-state index in [1.165, 1.54) is 12.1 Å². The number of aryl methyl sites for hydroxylation is 1. The number of halogens is 4. The van der Waals surface area contributed by atoms with Crippen molar-refractivity contribution in [2.75, 3.05) is 44.6 Å². The quantitative estimate of drug-likeness (QED) is 0.211. The lowest BCUT2D eigenvalue weighted by atomic mass is 9.88. The summed E-state index contributed by atoms with van der Waals surface area (Å²) in [6.07, 6.45) is 0.791. The first-order valence-electron chi connectivity index (χ1n) is 16.2. The Hall–Kier alpha value is -4.73. The summed E-state index contributed by atoms with van der Waals surface area (Å²) in [5.74, 6) is -0.416. The Kier molecular flexibility index (Phi) is 9.13. The number of nitrogens with one attached hydrogen (secondary N) is 2. The number of alkyl halides is 3. The number of aromatic nitrogens is 6. The maximum Gasteiger partial charge on any atom is 0.390 e. The largest absolute Gasteiger partial charge is 0.390 e. The molecule has 2 saturated heterocycles. The first-order valence-corrected chi connectivity index (χ1v) is 16.2. The van der Waals surface area contributed by atoms with E-state index in [2.05, 4.69) is 20.6 Å². The normalized spacial score (nSPS) is 17.9. The molecule has 2 aliphatic rings. The highest BCUT2D eigenvalue weighted by Crippen LogP contribution is 2.40. The molecule has 0 spiro atoms. The van der Waals surface area contributed by atoms with Gasteiger partial charge in [0.25, 0.3) is 5.91 Å². The summed E-state index contributed by atoms with van der Waals surface area (Å²) in [5.41, 5.74) is 5.17. The summed E-state index contributed by atoms with van der Waals surface area (Å²) in [4.78, 5) is 24.0. The number of fused-ring (bicyclic) bond motifs is 1. The van der Waals surface area contributed by atoms with Crippen molar-refractivity contribution < 1.29 is 27.1 Å². The molecule has 0 aliphatic carbocycles. The minimum atomic E-state index is -4.19. The molecule has 1 amide bonds. The first kappa shape index (κ1) is 32.8. The molecule has 2 N–H and O–H groups in total. The van der Waals surface area contributed by atoms with Gasteiger partial charge < -0.3 is 20.3 Å². The highest BCUT2D eigenvalue weighted by atomic mass is 19.4. The number of ether oxygens (including phenoxy) is 1. The van der Waals surface area contributed by atoms with Gasteiger partial charge in [-0.25, -0.2) is 13.9 Å². The fourth-order valence-corrected chi connectivity index (χ4v) is 6.68. The van der Waals surface area contributed by atoms with Crippen LogP contribution in [0.3, 0.4) is 0 Å². The van der Waals surface area contributed by atoms with Crippen LogP contribution in [-0.2, 0) is 11.8 Å². The summed E-state index contributed by atoms with van der Waals surface area (Å²) < 4.78 is 61.7. The fourth-order valence-electron chi connectivity index (χ4n) is 6.68. The van der Waals surface area contributed by atoms with Crippen LogP contribution in [-0.4, -0.2) is 85.7 Å². The third-order valence-electron chi connectivity index (χ3n) is 9.08. The van der Waals surface area contributed by atoms with Gasteiger partial charge in [-0.15, -0.1) is 0 Å². The van der Waals surface area contributed by atoms with Crippen LogP contribution in [0.5, 0.6) is 0 Å². The van der Waals surface area contributed by atoms with Crippen molar-refractivity contribution in [1.82, 2.24) is 39.6 Å². The van der Waals surface area contributed by atoms with Crippen molar-refractivity contribution in [3.05, 3.63) is 83.7 Å². The molecule has 5 aromatic rings. The van der Waals surface area contributed by atoms with Gasteiger partial charge in [0.2, 0.25) is 0 Å². The number of carbonyl (C=O) groups is 1. The Morgan fingerprint density at radius 2 is 1.88 bits per heavy atom. The Bertz CT molecular complexity index is 1940. The first-order chi connectivity index (χ1) is 23.6. The number of benzene rings is 1. The van der Waals surface area contributed by atoms with E-state index < -0.39 is 12.6 Å². The highest BCUT2D eigenvalue weighted by molar-refractivity contribution is 6.05. The van der Waals surface area contributed by atoms with Gasteiger partial charge >= 0.3 is 6.18 Å². The molecule has 1 unspecified atom stereocenters. The van der Waals surface area contributed by atoms with Gasteiger partial charge in [-0.3, -0.25) is 14.5 Å². The molecule has 2 aliphatic heterocycles. The van der Waals surface area contributed by atoms with Gasteiger partial charge in [-0.2, -0.15) is 23.4 Å². The van der Waals surface area contributed by atoms with E-state index in [9.17, 15) is 22.4 Å². The zero-order valence-corrected chi connectivity index (χ0v) is 26.8. The fraction of sp³-hybridized carbons (Fsp3) is 0.382. The van der Waals surface area contributed by atoms with Crippen molar-refractivity contribution in [1.29, 1.82) is 0 Å². The number of carbonyl (C=O) groups excluding carboxylic acids is 1. The van der Waals surface area contributed by atoms with Crippen LogP contribution in [0.15, 0.2) is 61.1 Å². The molecule has 11 nitrogen and oxygen atoms in total. The lowest BCUT2D eigenvalue weighted by molar-refractivity contribution is -0.138. The van der Waals surface area contributed by atoms with Crippen LogP contribution in [0.25, 0.3) is 28.2 Å². The molecule has 2 fully saturated rings. The number of amides is 1. The SMILES string of the molecule is Cn1nc(-c2ccc(F)cc2)c(-c2ccc3nc(NC(=O)c4ccncc4C4CNCCO4)cn3n2)c1C1CCN(CCC(F)(F)F)CC1. The molecule has 0 saturated carbocycles. The van der Waals surface area contributed by atoms with E-state index in [1.54, 1.807) is 52.1 Å². The van der Waals surface area contributed by atoms with Gasteiger partial charge in [0, 0.05) is 61.7 Å². The molecular weight excluding hydrogens is 642 g/mol. The van der Waals surface area contributed by atoms with Crippen LogP contribution in [0, 0.1) is 5.82 Å². The lowest BCUT2D eigenvalue weighted by Crippen LogP contribution is -2.36. The Balaban J connectivity index is 1.19. The molecule has 15 heteroatoms. The summed E-state index contributed by atoms with van der Waals surface area (Å²) in [6.45, 7) is 2.87. The third-order valence-corrected chi connectivity index (χ3v) is 9.08. The van der Waals surface area contributed by atoms with Crippen LogP contribution in [0.4, 0.5) is 23.4 Å². The standard InChI is InChI=1S/C34H35F4N9O2/c1-45-32(22-9-14-46(15-10-22)16-11-34(36,37)38)30(31(44-45)21-2-4-23(35)5-3-21)26-6-7-29-41-28(20-47(29)43-26)42-33(48)24-8-12-39-18-25(24)27-19-40-13-17-49-27/h2-8,12,18,20,22,27,40H,9-11,13-17,19H2,1H3,(H,42,48). The highest BCUT2D eigenvalue weighted by Gasteiger charge is 2.32. The van der Waals surface area contributed by atoms with Gasteiger partial charge in [0.15, 0.2) is 11.5 Å². The Morgan fingerprint density at radius 1 is 1.08 bits per heavy atom. The molecular formula is C34H35F4N9O2. The number of pyridine rings is 1. The topological polar surface area (TPSA) is 114 Å². The van der Waals surface area contributed by atoms with Crippen LogP contribution < -0.4 is 10.6 Å². The monoisotopic (exact) mass is 677 g/mol. The number of hydrogen-bond acceptors (Lipinski definition) is 8. The number of morpholine rings is 1. The van der Waals surface area contributed by atoms with Crippen molar-refractivity contribution in [2.45, 2.75) is 37.5 Å². The van der Waals surface area contributed by atoms with E-state index in [1.807, 2.05) is 18.0 Å². The summed E-state index contributed by atoms with van der Waals surface area (Å²) in [6, 6.07) is 11.3. The minimum Gasteiger partial charge on any atom is -0.371 e. The Labute approximate surface area is 279 Å². The van der Waals surface area contributed by atoms with Crippen molar-refractivity contribution in [3.63, 3.8) is 0 Å². The molecule has 1 atom stereocenters. The van der Waals surface area contributed by atoms with E-state index >= 15 is 0 Å². The van der Waals surface area contributed by atoms with E-state index in [0.29, 0.717) is 78.6 Å². The molecule has 0 radical (unpaired) electrons. The van der Waals surface area contributed by atoms with E-state index in [4.69, 9.17) is 14.9 Å². The zero-order chi connectivity index (χ0) is 34.1. The van der Waals surface area contributed by atoms with Gasteiger partial charge in [0.1, 0.15) is 11.5 Å². The predicted molar refractivity (Wildman–Crippen MR) is 173 cm³/mol. The van der Waals surface area contributed by atoms with E-state index in [0.717, 1.165) is 17.8 Å². The molecule has 7 rings (SSSR count). The number of piperidine rings is 1. The molecule has 1 aromatic carbocycles. The molecule has 6 heterocycles. The van der Waals surface area contributed by atoms with Gasteiger partial charge in [-0.05, 0) is 68.4 Å². The predicted octanol–water partition coefficient (Wildman–Crippen LogP) is 5.38. The number of anilines is 1. The maximum absolute atomic E-state index is 13.9. The van der Waals surface area contributed by atoms with Crippen LogP contribution in [0.2, 0.25) is 0 Å². The van der Waals surface area contributed by atoms with Gasteiger partial charge in [0.05, 0.1) is 42.3 Å². The minimum absolute atomic E-state index is 0.0110. The number of imidazole rings is 1. The summed E-state index contributed by atoms with van der Waals surface area (Å²) in [5, 5.41) is 15.9. The second-order valence-electron chi connectivity index (χ2n) is 12.3. The van der Waals surface area contributed by atoms with Crippen molar-refractivity contribution >= 4 is 17.4 Å². The molecule has 4 aromatic heterocycles. The smallest absolute Gasteiger partial charge is 0.371 e. The second kappa shape index (κ2) is 13.6.